The topological polar surface area (TPSA) is 50.8 Å². The van der Waals surface area contributed by atoms with E-state index in [1.54, 1.807) is 12.3 Å². The van der Waals surface area contributed by atoms with Crippen LogP contribution in [0.15, 0.2) is 64.5 Å². The van der Waals surface area contributed by atoms with Crippen molar-refractivity contribution >= 4 is 11.8 Å². The lowest BCUT2D eigenvalue weighted by Gasteiger charge is -2.35. The van der Waals surface area contributed by atoms with Crippen LogP contribution >= 0.6 is 11.8 Å². The van der Waals surface area contributed by atoms with Gasteiger partial charge >= 0.3 is 0 Å². The van der Waals surface area contributed by atoms with Gasteiger partial charge in [0.05, 0.1) is 23.3 Å². The normalized spacial score (nSPS) is 21.7. The first-order valence-corrected chi connectivity index (χ1v) is 10.4. The summed E-state index contributed by atoms with van der Waals surface area (Å²) in [6, 6.07) is 17.5. The average molecular weight is 408 g/mol. The second-order valence-corrected chi connectivity index (χ2v) is 8.56. The number of rotatable bonds is 4. The van der Waals surface area contributed by atoms with Crippen molar-refractivity contribution in [2.75, 3.05) is 6.61 Å². The summed E-state index contributed by atoms with van der Waals surface area (Å²) >= 11 is 1.37. The van der Waals surface area contributed by atoms with Gasteiger partial charge in [0.15, 0.2) is 0 Å². The molecule has 0 spiro atoms. The molecule has 0 unspecified atom stereocenters. The quantitative estimate of drug-likeness (QED) is 0.586. The molecule has 0 N–H and O–H groups in total. The summed E-state index contributed by atoms with van der Waals surface area (Å²) in [4.78, 5) is 1.47. The SMILES string of the molecule is C[C@H]1C[C@@](C#N)(c2ccc(F)c(Sc3ccc(-c4ccnn4C)cc3)c2)CCO1. The van der Waals surface area contributed by atoms with Crippen LogP contribution in [0.2, 0.25) is 0 Å². The zero-order chi connectivity index (χ0) is 20.4. The molecule has 2 heterocycles. The van der Waals surface area contributed by atoms with E-state index in [1.165, 1.54) is 17.8 Å². The highest BCUT2D eigenvalue weighted by Gasteiger charge is 2.38. The molecule has 1 aliphatic heterocycles. The Hall–Kier alpha value is -2.62. The fourth-order valence-electron chi connectivity index (χ4n) is 3.87. The maximum atomic E-state index is 14.5. The molecule has 1 fully saturated rings. The standard InChI is InChI=1S/C23H22FN3OS/c1-16-14-23(15-25,10-12-28-16)18-5-8-20(24)22(13-18)29-19-6-3-17(4-7-19)21-9-11-26-27(21)2/h3-9,11,13,16H,10,12,14H2,1-2H3/t16-,23-/m0/s1. The van der Waals surface area contributed by atoms with Crippen molar-refractivity contribution in [2.45, 2.75) is 41.1 Å². The first-order valence-electron chi connectivity index (χ1n) is 9.60. The molecular formula is C23H22FN3OS. The predicted molar refractivity (Wildman–Crippen MR) is 111 cm³/mol. The van der Waals surface area contributed by atoms with E-state index in [0.717, 1.165) is 21.7 Å². The Morgan fingerprint density at radius 1 is 1.24 bits per heavy atom. The van der Waals surface area contributed by atoms with Crippen LogP contribution in [-0.4, -0.2) is 22.5 Å². The van der Waals surface area contributed by atoms with Crippen LogP contribution in [0.5, 0.6) is 0 Å². The zero-order valence-corrected chi connectivity index (χ0v) is 17.2. The van der Waals surface area contributed by atoms with E-state index in [-0.39, 0.29) is 11.9 Å². The number of halogens is 1. The van der Waals surface area contributed by atoms with Crippen LogP contribution in [0.25, 0.3) is 11.3 Å². The lowest BCUT2D eigenvalue weighted by Crippen LogP contribution is -2.36. The van der Waals surface area contributed by atoms with Crippen LogP contribution in [0, 0.1) is 17.1 Å². The van der Waals surface area contributed by atoms with E-state index in [1.807, 2.05) is 55.1 Å². The maximum Gasteiger partial charge on any atom is 0.137 e. The smallest absolute Gasteiger partial charge is 0.137 e. The number of hydrogen-bond acceptors (Lipinski definition) is 4. The summed E-state index contributed by atoms with van der Waals surface area (Å²) in [6.07, 6.45) is 3.03. The van der Waals surface area contributed by atoms with Gasteiger partial charge in [0, 0.05) is 29.6 Å². The van der Waals surface area contributed by atoms with Gasteiger partial charge in [0.1, 0.15) is 5.82 Å². The number of nitriles is 1. The first-order chi connectivity index (χ1) is 14.0. The molecule has 2 atom stereocenters. The number of aromatic nitrogens is 2. The molecule has 2 aromatic carbocycles. The van der Waals surface area contributed by atoms with Crippen LogP contribution in [0.3, 0.4) is 0 Å². The molecule has 0 aliphatic carbocycles. The van der Waals surface area contributed by atoms with Crippen molar-refractivity contribution in [2.24, 2.45) is 7.05 Å². The van der Waals surface area contributed by atoms with E-state index in [4.69, 9.17) is 4.74 Å². The molecule has 148 valence electrons. The van der Waals surface area contributed by atoms with Crippen molar-refractivity contribution in [3.63, 3.8) is 0 Å². The van der Waals surface area contributed by atoms with E-state index < -0.39 is 5.41 Å². The molecule has 6 heteroatoms. The van der Waals surface area contributed by atoms with Gasteiger partial charge in [-0.2, -0.15) is 10.4 Å². The summed E-state index contributed by atoms with van der Waals surface area (Å²) in [5, 5.41) is 14.1. The monoisotopic (exact) mass is 407 g/mol. The largest absolute Gasteiger partial charge is 0.378 e. The zero-order valence-electron chi connectivity index (χ0n) is 16.4. The molecule has 4 rings (SSSR count). The third-order valence-electron chi connectivity index (χ3n) is 5.46. The lowest BCUT2D eigenvalue weighted by molar-refractivity contribution is 0.00347. The van der Waals surface area contributed by atoms with E-state index in [9.17, 15) is 9.65 Å². The highest BCUT2D eigenvalue weighted by Crippen LogP contribution is 2.40. The van der Waals surface area contributed by atoms with Crippen molar-refractivity contribution < 1.29 is 9.13 Å². The maximum absolute atomic E-state index is 14.5. The van der Waals surface area contributed by atoms with Crippen LogP contribution in [-0.2, 0) is 17.2 Å². The Bertz CT molecular complexity index is 1060. The first kappa shape index (κ1) is 19.7. The molecule has 0 amide bonds. The van der Waals surface area contributed by atoms with Gasteiger partial charge in [-0.1, -0.05) is 30.0 Å². The molecule has 29 heavy (non-hydrogen) atoms. The number of ether oxygens (including phenoxy) is 1. The molecule has 1 saturated heterocycles. The Morgan fingerprint density at radius 2 is 2.03 bits per heavy atom. The fraction of sp³-hybridized carbons (Fsp3) is 0.304. The Morgan fingerprint density at radius 3 is 2.69 bits per heavy atom. The van der Waals surface area contributed by atoms with Gasteiger partial charge in [-0.3, -0.25) is 4.68 Å². The number of benzene rings is 2. The van der Waals surface area contributed by atoms with E-state index >= 15 is 0 Å². The summed E-state index contributed by atoms with van der Waals surface area (Å²) in [6.45, 7) is 2.53. The lowest BCUT2D eigenvalue weighted by atomic mass is 9.74. The van der Waals surface area contributed by atoms with Gasteiger partial charge in [-0.15, -0.1) is 0 Å². The second-order valence-electron chi connectivity index (χ2n) is 7.44. The highest BCUT2D eigenvalue weighted by molar-refractivity contribution is 7.99. The van der Waals surface area contributed by atoms with Crippen LogP contribution < -0.4 is 0 Å². The van der Waals surface area contributed by atoms with Gasteiger partial charge in [0.2, 0.25) is 0 Å². The summed E-state index contributed by atoms with van der Waals surface area (Å²) in [5.41, 5.74) is 2.33. The van der Waals surface area contributed by atoms with Crippen molar-refractivity contribution in [3.05, 3.63) is 66.1 Å². The minimum absolute atomic E-state index is 0.0177. The van der Waals surface area contributed by atoms with Crippen LogP contribution in [0.4, 0.5) is 4.39 Å². The molecule has 3 aromatic rings. The van der Waals surface area contributed by atoms with Crippen LogP contribution in [0.1, 0.15) is 25.3 Å². The minimum atomic E-state index is -0.621. The third-order valence-corrected chi connectivity index (χ3v) is 6.50. The van der Waals surface area contributed by atoms with Gasteiger partial charge < -0.3 is 4.74 Å². The van der Waals surface area contributed by atoms with E-state index in [2.05, 4.69) is 11.2 Å². The molecular weight excluding hydrogens is 385 g/mol. The molecule has 1 aliphatic rings. The predicted octanol–water partition coefficient (Wildman–Crippen LogP) is 5.34. The minimum Gasteiger partial charge on any atom is -0.378 e. The summed E-state index contributed by atoms with van der Waals surface area (Å²) < 4.78 is 22.0. The second kappa shape index (κ2) is 8.02. The van der Waals surface area contributed by atoms with Crippen molar-refractivity contribution in [1.82, 2.24) is 9.78 Å². The average Bonchev–Trinajstić information content (AvgIpc) is 3.16. The number of aryl methyl sites for hydroxylation is 1. The van der Waals surface area contributed by atoms with Gasteiger partial charge in [-0.25, -0.2) is 4.39 Å². The van der Waals surface area contributed by atoms with Crippen molar-refractivity contribution in [1.29, 1.82) is 5.26 Å². The molecule has 0 bridgehead atoms. The Kier molecular flexibility index (Phi) is 5.44. The Labute approximate surface area is 174 Å². The van der Waals surface area contributed by atoms with Gasteiger partial charge in [-0.05, 0) is 61.2 Å². The molecule has 0 saturated carbocycles. The number of nitrogens with zero attached hydrogens (tertiary/aromatic N) is 3. The third kappa shape index (κ3) is 3.93. The van der Waals surface area contributed by atoms with Gasteiger partial charge in [0.25, 0.3) is 0 Å². The van der Waals surface area contributed by atoms with E-state index in [0.29, 0.717) is 24.3 Å². The fourth-order valence-corrected chi connectivity index (χ4v) is 4.75. The molecule has 4 nitrogen and oxygen atoms in total. The molecule has 0 radical (unpaired) electrons. The molecule has 1 aromatic heterocycles. The van der Waals surface area contributed by atoms with Crippen molar-refractivity contribution in [3.8, 4) is 17.3 Å². The summed E-state index contributed by atoms with van der Waals surface area (Å²) in [7, 11) is 1.90. The number of hydrogen-bond donors (Lipinski definition) is 0. The Balaban J connectivity index is 1.60. The highest BCUT2D eigenvalue weighted by atomic mass is 32.2. The summed E-state index contributed by atoms with van der Waals surface area (Å²) in [5.74, 6) is -0.275.